The third kappa shape index (κ3) is 3.38. The molecule has 1 heterocycles. The van der Waals surface area contributed by atoms with Crippen molar-refractivity contribution in [1.82, 2.24) is 10.2 Å². The van der Waals surface area contributed by atoms with Crippen LogP contribution in [-0.4, -0.2) is 22.0 Å². The van der Waals surface area contributed by atoms with Crippen LogP contribution >= 0.6 is 0 Å². The number of hydrogen-bond acceptors (Lipinski definition) is 5. The molecule has 2 amide bonds. The van der Waals surface area contributed by atoms with E-state index < -0.39 is 5.91 Å². The molecule has 0 bridgehead atoms. The van der Waals surface area contributed by atoms with Gasteiger partial charge in [0.1, 0.15) is 0 Å². The molecule has 98 valence electrons. The molecule has 2 aromatic rings. The lowest BCUT2D eigenvalue weighted by molar-refractivity contribution is -0.114. The van der Waals surface area contributed by atoms with E-state index in [4.69, 9.17) is 4.42 Å². The summed E-state index contributed by atoms with van der Waals surface area (Å²) < 4.78 is 5.00. The molecule has 0 saturated carbocycles. The lowest BCUT2D eigenvalue weighted by Gasteiger charge is -2.04. The third-order valence-electron chi connectivity index (χ3n) is 2.18. The predicted molar refractivity (Wildman–Crippen MR) is 67.7 cm³/mol. The standard InChI is InChI=1S/C12H12N4O3/c1-7(17)13-9-3-5-10(6-4-9)14-11(18)12-16-15-8(2)19-12/h3-6H,1-2H3,(H,13,17)(H,14,18). The minimum absolute atomic E-state index is 0.0940. The summed E-state index contributed by atoms with van der Waals surface area (Å²) in [5.74, 6) is -0.402. The number of rotatable bonds is 3. The largest absolute Gasteiger partial charge is 0.417 e. The predicted octanol–water partition coefficient (Wildman–Crippen LogP) is 1.59. The first-order valence-corrected chi connectivity index (χ1v) is 5.54. The van der Waals surface area contributed by atoms with Gasteiger partial charge in [-0.05, 0) is 24.3 Å². The molecule has 0 radical (unpaired) electrons. The molecule has 0 atom stereocenters. The molecule has 2 rings (SSSR count). The van der Waals surface area contributed by atoms with Crippen LogP contribution in [0.5, 0.6) is 0 Å². The Kier molecular flexibility index (Phi) is 3.56. The van der Waals surface area contributed by atoms with Crippen LogP contribution in [0.1, 0.15) is 23.5 Å². The first-order chi connectivity index (χ1) is 9.04. The maximum absolute atomic E-state index is 11.7. The summed E-state index contributed by atoms with van der Waals surface area (Å²) in [6.45, 7) is 3.03. The number of aryl methyl sites for hydroxylation is 1. The van der Waals surface area contributed by atoms with Crippen molar-refractivity contribution in [2.24, 2.45) is 0 Å². The molecule has 0 fully saturated rings. The fourth-order valence-electron chi connectivity index (χ4n) is 1.41. The van der Waals surface area contributed by atoms with E-state index in [1.807, 2.05) is 0 Å². The minimum Gasteiger partial charge on any atom is -0.417 e. The van der Waals surface area contributed by atoms with E-state index in [0.717, 1.165) is 0 Å². The highest BCUT2D eigenvalue weighted by atomic mass is 16.4. The van der Waals surface area contributed by atoms with Crippen molar-refractivity contribution >= 4 is 23.2 Å². The number of carbonyl (C=O) groups excluding carboxylic acids is 2. The van der Waals surface area contributed by atoms with E-state index in [1.165, 1.54) is 6.92 Å². The molecule has 1 aromatic carbocycles. The molecule has 0 aliphatic heterocycles. The molecule has 0 spiro atoms. The van der Waals surface area contributed by atoms with Crippen LogP contribution in [0.15, 0.2) is 28.7 Å². The lowest BCUT2D eigenvalue weighted by Crippen LogP contribution is -2.12. The number of hydrogen-bond donors (Lipinski definition) is 2. The Bertz CT molecular complexity index is 604. The Morgan fingerprint density at radius 1 is 1.05 bits per heavy atom. The van der Waals surface area contributed by atoms with Crippen LogP contribution in [0.25, 0.3) is 0 Å². The minimum atomic E-state index is -0.479. The molecular formula is C12H12N4O3. The summed E-state index contributed by atoms with van der Waals surface area (Å²) in [7, 11) is 0. The number of nitrogens with one attached hydrogen (secondary N) is 2. The van der Waals surface area contributed by atoms with Gasteiger partial charge in [-0.25, -0.2) is 0 Å². The van der Waals surface area contributed by atoms with E-state index >= 15 is 0 Å². The van der Waals surface area contributed by atoms with Gasteiger partial charge < -0.3 is 15.1 Å². The van der Waals surface area contributed by atoms with Gasteiger partial charge in [-0.1, -0.05) is 0 Å². The van der Waals surface area contributed by atoms with Crippen LogP contribution in [0.3, 0.4) is 0 Å². The number of amides is 2. The maximum atomic E-state index is 11.7. The van der Waals surface area contributed by atoms with Crippen molar-refractivity contribution in [3.63, 3.8) is 0 Å². The molecule has 19 heavy (non-hydrogen) atoms. The van der Waals surface area contributed by atoms with Crippen LogP contribution in [-0.2, 0) is 4.79 Å². The maximum Gasteiger partial charge on any atom is 0.313 e. The SMILES string of the molecule is CC(=O)Nc1ccc(NC(=O)c2nnc(C)o2)cc1. The van der Waals surface area contributed by atoms with Gasteiger partial charge in [-0.3, -0.25) is 9.59 Å². The van der Waals surface area contributed by atoms with Gasteiger partial charge >= 0.3 is 11.8 Å². The Labute approximate surface area is 109 Å². The second-order valence-electron chi connectivity index (χ2n) is 3.84. The number of aromatic nitrogens is 2. The summed E-state index contributed by atoms with van der Waals surface area (Å²) in [6.07, 6.45) is 0. The molecule has 2 N–H and O–H groups in total. The lowest BCUT2D eigenvalue weighted by atomic mass is 10.2. The molecule has 7 heteroatoms. The third-order valence-corrected chi connectivity index (χ3v) is 2.18. The van der Waals surface area contributed by atoms with E-state index in [9.17, 15) is 9.59 Å². The summed E-state index contributed by atoms with van der Waals surface area (Å²) in [6, 6.07) is 6.67. The molecule has 0 unspecified atom stereocenters. The zero-order chi connectivity index (χ0) is 13.8. The van der Waals surface area contributed by atoms with E-state index in [-0.39, 0.29) is 11.8 Å². The van der Waals surface area contributed by atoms with E-state index in [0.29, 0.717) is 17.3 Å². The Hall–Kier alpha value is -2.70. The Morgan fingerprint density at radius 2 is 1.63 bits per heavy atom. The number of benzene rings is 1. The Morgan fingerprint density at radius 3 is 2.11 bits per heavy atom. The van der Waals surface area contributed by atoms with Gasteiger partial charge in [0.2, 0.25) is 11.8 Å². The molecule has 0 saturated heterocycles. The van der Waals surface area contributed by atoms with Gasteiger partial charge in [0.15, 0.2) is 0 Å². The summed E-state index contributed by atoms with van der Waals surface area (Å²) in [5, 5.41) is 12.4. The molecule has 0 aliphatic carbocycles. The highest BCUT2D eigenvalue weighted by molar-refractivity contribution is 6.01. The van der Waals surface area contributed by atoms with Crippen molar-refractivity contribution in [2.45, 2.75) is 13.8 Å². The topological polar surface area (TPSA) is 97.1 Å². The Balaban J connectivity index is 2.03. The molecular weight excluding hydrogens is 248 g/mol. The summed E-state index contributed by atoms with van der Waals surface area (Å²) >= 11 is 0. The number of anilines is 2. The van der Waals surface area contributed by atoms with Crippen molar-refractivity contribution in [1.29, 1.82) is 0 Å². The zero-order valence-electron chi connectivity index (χ0n) is 10.4. The van der Waals surface area contributed by atoms with E-state index in [2.05, 4.69) is 20.8 Å². The molecule has 0 aliphatic rings. The van der Waals surface area contributed by atoms with Gasteiger partial charge in [0.05, 0.1) is 0 Å². The fraction of sp³-hybridized carbons (Fsp3) is 0.167. The second-order valence-corrected chi connectivity index (χ2v) is 3.84. The number of nitrogens with zero attached hydrogens (tertiary/aromatic N) is 2. The van der Waals surface area contributed by atoms with Crippen LogP contribution in [0.4, 0.5) is 11.4 Å². The van der Waals surface area contributed by atoms with Gasteiger partial charge in [0.25, 0.3) is 0 Å². The first kappa shape index (κ1) is 12.7. The number of carbonyl (C=O) groups is 2. The van der Waals surface area contributed by atoms with Crippen molar-refractivity contribution in [3.05, 3.63) is 36.0 Å². The second kappa shape index (κ2) is 5.30. The van der Waals surface area contributed by atoms with Crippen molar-refractivity contribution < 1.29 is 14.0 Å². The highest BCUT2D eigenvalue weighted by Crippen LogP contribution is 2.14. The zero-order valence-corrected chi connectivity index (χ0v) is 10.4. The average Bonchev–Trinajstić information content (AvgIpc) is 2.78. The normalized spacial score (nSPS) is 10.0. The van der Waals surface area contributed by atoms with Crippen LogP contribution < -0.4 is 10.6 Å². The van der Waals surface area contributed by atoms with Crippen molar-refractivity contribution in [3.8, 4) is 0 Å². The van der Waals surface area contributed by atoms with E-state index in [1.54, 1.807) is 31.2 Å². The fourth-order valence-corrected chi connectivity index (χ4v) is 1.41. The summed E-state index contributed by atoms with van der Waals surface area (Å²) in [4.78, 5) is 22.6. The molecule has 1 aromatic heterocycles. The first-order valence-electron chi connectivity index (χ1n) is 5.54. The van der Waals surface area contributed by atoms with Gasteiger partial charge in [-0.15, -0.1) is 10.2 Å². The monoisotopic (exact) mass is 260 g/mol. The smallest absolute Gasteiger partial charge is 0.313 e. The van der Waals surface area contributed by atoms with Crippen LogP contribution in [0.2, 0.25) is 0 Å². The van der Waals surface area contributed by atoms with Crippen molar-refractivity contribution in [2.75, 3.05) is 10.6 Å². The van der Waals surface area contributed by atoms with Gasteiger partial charge in [-0.2, -0.15) is 0 Å². The van der Waals surface area contributed by atoms with Crippen LogP contribution in [0, 0.1) is 6.92 Å². The molecule has 7 nitrogen and oxygen atoms in total. The van der Waals surface area contributed by atoms with Gasteiger partial charge in [0, 0.05) is 25.2 Å². The average molecular weight is 260 g/mol. The summed E-state index contributed by atoms with van der Waals surface area (Å²) in [5.41, 5.74) is 1.22. The quantitative estimate of drug-likeness (QED) is 0.873. The highest BCUT2D eigenvalue weighted by Gasteiger charge is 2.13.